The molecule has 1 aromatic heterocycles. The van der Waals surface area contributed by atoms with Gasteiger partial charge in [-0.25, -0.2) is 13.1 Å². The minimum Gasteiger partial charge on any atom is -0.306 e. The molecule has 0 radical (unpaired) electrons. The lowest BCUT2D eigenvalue weighted by Gasteiger charge is -2.30. The van der Waals surface area contributed by atoms with Crippen molar-refractivity contribution in [1.29, 1.82) is 0 Å². The van der Waals surface area contributed by atoms with Gasteiger partial charge in [0.05, 0.1) is 17.1 Å². The Morgan fingerprint density at radius 3 is 2.56 bits per heavy atom. The lowest BCUT2D eigenvalue weighted by Crippen LogP contribution is -2.33. The van der Waals surface area contributed by atoms with Gasteiger partial charge in [-0.1, -0.05) is 55.5 Å². The van der Waals surface area contributed by atoms with Crippen LogP contribution in [0, 0.1) is 18.5 Å². The van der Waals surface area contributed by atoms with Crippen LogP contribution in [0.4, 0.5) is 5.69 Å². The van der Waals surface area contributed by atoms with Crippen molar-refractivity contribution in [2.24, 2.45) is 0 Å². The van der Waals surface area contributed by atoms with Crippen molar-refractivity contribution < 1.29 is 24.8 Å². The minimum absolute atomic E-state index is 0.0141. The molecule has 0 fully saturated rings. The first-order valence-corrected chi connectivity index (χ1v) is 15.8. The number of anilines is 1. The summed E-state index contributed by atoms with van der Waals surface area (Å²) in [5, 5.41) is 0.475. The number of rotatable bonds is 9. The SMILES string of the molecule is Cc1cccc(CN(C(=O)C[C@@H](C)c2ccccc2)c2ccc3c(c2)[C@H](NS(=O)(=O)c2cccc([ClH+])c2)CCC3)n1. The summed E-state index contributed by atoms with van der Waals surface area (Å²) in [5.41, 5.74) is 5.51. The number of hydrogen-bond acceptors (Lipinski definition) is 4. The van der Waals surface area contributed by atoms with E-state index in [0.29, 0.717) is 24.4 Å². The molecule has 6 nitrogen and oxygen atoms in total. The van der Waals surface area contributed by atoms with Crippen LogP contribution in [-0.4, -0.2) is 19.3 Å². The van der Waals surface area contributed by atoms with Gasteiger partial charge in [0.1, 0.15) is 0 Å². The molecule has 2 atom stereocenters. The first-order valence-electron chi connectivity index (χ1n) is 13.9. The molecule has 0 aliphatic heterocycles. The Kier molecular flexibility index (Phi) is 8.88. The van der Waals surface area contributed by atoms with Gasteiger partial charge in [0.25, 0.3) is 0 Å². The number of pyridine rings is 1. The molecule has 1 heterocycles. The molecule has 0 spiro atoms. The number of nitrogens with one attached hydrogen (secondary N) is 1. The molecule has 212 valence electrons. The van der Waals surface area contributed by atoms with Crippen LogP contribution in [0.5, 0.6) is 0 Å². The van der Waals surface area contributed by atoms with Crippen molar-refractivity contribution in [2.75, 3.05) is 4.90 Å². The second-order valence-corrected chi connectivity index (χ2v) is 12.9. The van der Waals surface area contributed by atoms with Gasteiger partial charge in [-0.3, -0.25) is 9.78 Å². The maximum absolute atomic E-state index is 13.9. The van der Waals surface area contributed by atoms with Gasteiger partial charge >= 0.3 is 0 Å². The van der Waals surface area contributed by atoms with Gasteiger partial charge < -0.3 is 4.90 Å². The van der Waals surface area contributed by atoms with Gasteiger partial charge in [0, 0.05) is 36.0 Å². The number of benzene rings is 3. The van der Waals surface area contributed by atoms with Gasteiger partial charge in [-0.15, -0.1) is 0 Å². The molecule has 8 heteroatoms. The summed E-state index contributed by atoms with van der Waals surface area (Å²) >= 11 is 5.19. The van der Waals surface area contributed by atoms with Crippen LogP contribution in [0.3, 0.4) is 0 Å². The average molecular weight is 589 g/mol. The zero-order valence-electron chi connectivity index (χ0n) is 23.3. The van der Waals surface area contributed by atoms with E-state index in [1.807, 2.05) is 73.7 Å². The van der Waals surface area contributed by atoms with E-state index in [2.05, 4.69) is 16.6 Å². The van der Waals surface area contributed by atoms with Crippen LogP contribution in [0.15, 0.2) is 95.9 Å². The number of carbonyl (C=O) groups excluding carboxylic acids is 1. The number of hydrogen-bond donors (Lipinski definition) is 1. The van der Waals surface area contributed by atoms with E-state index in [-0.39, 0.29) is 16.7 Å². The standard InChI is InChI=1S/C33H35ClN3O3S/c1-23(25-10-4-3-5-11-25)19-33(38)37(22-28-14-6-9-24(2)35-28)29-18-17-26-12-7-16-32(31(26)21-29)36-41(39,40)30-15-8-13-27(34)20-30/h3-6,8-11,13-15,17-18,20-21,23,32,34,36H,7,12,16,19,22H2,1-2H3/q+1/t23-,32-/m1/s1. The molecular formula is C33H35ClN3O3S+. The number of amides is 1. The summed E-state index contributed by atoms with van der Waals surface area (Å²) in [6, 6.07) is 27.8. The maximum atomic E-state index is 13.9. The highest BCUT2D eigenvalue weighted by atomic mass is 35.5. The Morgan fingerprint density at radius 1 is 1.02 bits per heavy atom. The third-order valence-corrected chi connectivity index (χ3v) is 9.31. The highest BCUT2D eigenvalue weighted by Gasteiger charge is 2.28. The Bertz CT molecular complexity index is 1640. The Balaban J connectivity index is 1.47. The number of carbonyl (C=O) groups is 1. The highest BCUT2D eigenvalue weighted by molar-refractivity contribution is 7.89. The van der Waals surface area contributed by atoms with Crippen molar-refractivity contribution in [1.82, 2.24) is 9.71 Å². The fourth-order valence-corrected chi connectivity index (χ4v) is 6.99. The normalized spacial score (nSPS) is 15.6. The molecule has 1 aliphatic rings. The summed E-state index contributed by atoms with van der Waals surface area (Å²) in [7, 11) is -3.78. The predicted molar refractivity (Wildman–Crippen MR) is 159 cm³/mol. The lowest BCUT2D eigenvalue weighted by atomic mass is 9.87. The smallest absolute Gasteiger partial charge is 0.241 e. The predicted octanol–water partition coefficient (Wildman–Crippen LogP) is 6.17. The Morgan fingerprint density at radius 2 is 1.80 bits per heavy atom. The monoisotopic (exact) mass is 588 g/mol. The van der Waals surface area contributed by atoms with Crippen LogP contribution in [0.25, 0.3) is 0 Å². The summed E-state index contributed by atoms with van der Waals surface area (Å²) < 4.78 is 29.5. The molecule has 4 aromatic rings. The first kappa shape index (κ1) is 29.0. The van der Waals surface area contributed by atoms with E-state index in [1.165, 1.54) is 6.07 Å². The molecule has 0 saturated carbocycles. The van der Waals surface area contributed by atoms with Crippen LogP contribution in [0.1, 0.15) is 66.2 Å². The average Bonchev–Trinajstić information content (AvgIpc) is 2.96. The zero-order chi connectivity index (χ0) is 29.0. The lowest BCUT2D eigenvalue weighted by molar-refractivity contribution is -0.289. The van der Waals surface area contributed by atoms with E-state index >= 15 is 0 Å². The highest BCUT2D eigenvalue weighted by Crippen LogP contribution is 2.35. The molecule has 1 aliphatic carbocycles. The van der Waals surface area contributed by atoms with E-state index in [4.69, 9.17) is 11.6 Å². The summed E-state index contributed by atoms with van der Waals surface area (Å²) in [6.45, 7) is 4.32. The van der Waals surface area contributed by atoms with Gasteiger partial charge in [-0.05, 0) is 79.1 Å². The largest absolute Gasteiger partial charge is 0.306 e. The third-order valence-electron chi connectivity index (χ3n) is 7.59. The molecule has 0 unspecified atom stereocenters. The van der Waals surface area contributed by atoms with Crippen molar-refractivity contribution in [3.8, 4) is 0 Å². The Hall–Kier alpha value is -3.52. The van der Waals surface area contributed by atoms with Crippen molar-refractivity contribution in [3.05, 3.63) is 124 Å². The summed E-state index contributed by atoms with van der Waals surface area (Å²) in [5.74, 6) is 0.0220. The molecule has 41 heavy (non-hydrogen) atoms. The molecule has 0 saturated heterocycles. The maximum Gasteiger partial charge on any atom is 0.241 e. The number of aryl methyl sites for hydroxylation is 2. The number of nitrogens with zero attached hydrogens (tertiary/aromatic N) is 2. The molecule has 1 amide bonds. The first-order chi connectivity index (χ1) is 19.7. The number of fused-ring (bicyclic) bond motifs is 1. The number of sulfonamides is 1. The molecule has 0 bridgehead atoms. The second kappa shape index (κ2) is 12.6. The summed E-state index contributed by atoms with van der Waals surface area (Å²) in [4.78, 5) is 20.5. The quantitative estimate of drug-likeness (QED) is 0.254. The second-order valence-electron chi connectivity index (χ2n) is 10.7. The molecule has 3 aromatic carbocycles. The number of aromatic nitrogens is 1. The fraction of sp³-hybridized carbons (Fsp3) is 0.273. The van der Waals surface area contributed by atoms with Gasteiger partial charge in [0.2, 0.25) is 21.0 Å². The Labute approximate surface area is 247 Å². The van der Waals surface area contributed by atoms with Crippen molar-refractivity contribution in [3.63, 3.8) is 0 Å². The van der Waals surface area contributed by atoms with E-state index in [1.54, 1.807) is 23.1 Å². The van der Waals surface area contributed by atoms with Gasteiger partial charge in [-0.2, -0.15) is 0 Å². The van der Waals surface area contributed by atoms with Crippen LogP contribution in [0.2, 0.25) is 5.02 Å². The summed E-state index contributed by atoms with van der Waals surface area (Å²) in [6.07, 6.45) is 2.72. The van der Waals surface area contributed by atoms with Crippen molar-refractivity contribution >= 4 is 21.6 Å². The van der Waals surface area contributed by atoms with E-state index < -0.39 is 16.1 Å². The molecule has 1 N–H and O–H groups in total. The minimum atomic E-state index is -3.78. The zero-order valence-corrected chi connectivity index (χ0v) is 24.9. The van der Waals surface area contributed by atoms with Gasteiger partial charge in [0.15, 0.2) is 11.6 Å². The van der Waals surface area contributed by atoms with Crippen LogP contribution < -0.4 is 9.62 Å². The fourth-order valence-electron chi connectivity index (χ4n) is 5.42. The van der Waals surface area contributed by atoms with Crippen LogP contribution in [-0.2, 0) is 27.8 Å². The van der Waals surface area contributed by atoms with E-state index in [0.717, 1.165) is 46.6 Å². The van der Waals surface area contributed by atoms with Crippen molar-refractivity contribution in [2.45, 2.75) is 62.9 Å². The molecule has 5 rings (SSSR count). The van der Waals surface area contributed by atoms with E-state index in [9.17, 15) is 13.2 Å². The van der Waals surface area contributed by atoms with Crippen LogP contribution >= 0.6 is 0 Å². The number of halogens is 1. The third kappa shape index (κ3) is 7.04. The topological polar surface area (TPSA) is 79.4 Å². The molecular weight excluding hydrogens is 554 g/mol.